The lowest BCUT2D eigenvalue weighted by molar-refractivity contribution is -0.385. The molecule has 0 radical (unpaired) electrons. The molecule has 11 heteroatoms. The minimum Gasteiger partial charge on any atom is -0.465 e. The number of amides is 1. The van der Waals surface area contributed by atoms with Crippen molar-refractivity contribution in [2.24, 2.45) is 0 Å². The number of sulfonamides is 1. The molecule has 1 aliphatic rings. The molecule has 0 spiro atoms. The average molecular weight is 435 g/mol. The molecule has 0 atom stereocenters. The molecule has 0 aliphatic carbocycles. The lowest BCUT2D eigenvalue weighted by Crippen LogP contribution is -2.50. The summed E-state index contributed by atoms with van der Waals surface area (Å²) >= 11 is 0. The monoisotopic (exact) mass is 435 g/mol. The maximum absolute atomic E-state index is 13.2. The van der Waals surface area contributed by atoms with E-state index in [-0.39, 0.29) is 42.5 Å². The average Bonchev–Trinajstić information content (AvgIpc) is 2.67. The van der Waals surface area contributed by atoms with Gasteiger partial charge in [0.05, 0.1) is 11.0 Å². The fraction of sp³-hybridized carbons (Fsp3) is 0.316. The van der Waals surface area contributed by atoms with Gasteiger partial charge in [0.15, 0.2) is 5.75 Å². The number of non-ortho nitro benzene ring substituents is 1. The van der Waals surface area contributed by atoms with E-state index in [2.05, 4.69) is 0 Å². The topological polar surface area (TPSA) is 130 Å². The maximum Gasteiger partial charge on any atom is 0.407 e. The molecule has 0 aromatic heterocycles. The van der Waals surface area contributed by atoms with Crippen LogP contribution in [0.2, 0.25) is 0 Å². The Kier molecular flexibility index (Phi) is 5.94. The molecule has 1 fully saturated rings. The number of nitro benzene ring substituents is 1. The Hall–Kier alpha value is -3.18. The van der Waals surface area contributed by atoms with Crippen LogP contribution in [0.4, 0.5) is 10.5 Å². The van der Waals surface area contributed by atoms with Gasteiger partial charge in [0.25, 0.3) is 5.69 Å². The first-order chi connectivity index (χ1) is 14.1. The number of carbonyl (C=O) groups is 1. The molecule has 30 heavy (non-hydrogen) atoms. The second-order valence-corrected chi connectivity index (χ2v) is 8.89. The van der Waals surface area contributed by atoms with Gasteiger partial charge in [-0.05, 0) is 43.2 Å². The highest BCUT2D eigenvalue weighted by Crippen LogP contribution is 2.35. The van der Waals surface area contributed by atoms with Crippen LogP contribution in [0.15, 0.2) is 41.3 Å². The van der Waals surface area contributed by atoms with Crippen LogP contribution in [0, 0.1) is 24.0 Å². The molecule has 160 valence electrons. The van der Waals surface area contributed by atoms with E-state index < -0.39 is 21.0 Å². The van der Waals surface area contributed by atoms with Crippen LogP contribution in [0.5, 0.6) is 11.5 Å². The number of hydrogen-bond donors (Lipinski definition) is 1. The van der Waals surface area contributed by atoms with E-state index in [1.165, 1.54) is 0 Å². The zero-order chi connectivity index (χ0) is 22.1. The van der Waals surface area contributed by atoms with Crippen molar-refractivity contribution in [3.05, 3.63) is 57.6 Å². The molecule has 1 heterocycles. The third-order valence-corrected chi connectivity index (χ3v) is 6.63. The number of rotatable bonds is 5. The Morgan fingerprint density at radius 2 is 1.67 bits per heavy atom. The van der Waals surface area contributed by atoms with Crippen molar-refractivity contribution in [1.29, 1.82) is 0 Å². The van der Waals surface area contributed by atoms with E-state index in [9.17, 15) is 23.3 Å². The number of benzene rings is 2. The summed E-state index contributed by atoms with van der Waals surface area (Å²) in [7, 11) is -4.06. The van der Waals surface area contributed by atoms with Gasteiger partial charge in [-0.3, -0.25) is 10.1 Å². The Bertz CT molecular complexity index is 1070. The largest absolute Gasteiger partial charge is 0.465 e. The predicted molar refractivity (Wildman–Crippen MR) is 107 cm³/mol. The van der Waals surface area contributed by atoms with Crippen LogP contribution in [-0.4, -0.2) is 59.9 Å². The van der Waals surface area contributed by atoms with Crippen LogP contribution in [0.25, 0.3) is 0 Å². The third kappa shape index (κ3) is 4.52. The van der Waals surface area contributed by atoms with Crippen LogP contribution in [-0.2, 0) is 10.0 Å². The summed E-state index contributed by atoms with van der Waals surface area (Å²) in [6, 6.07) is 8.66. The quantitative estimate of drug-likeness (QED) is 0.564. The second-order valence-electron chi connectivity index (χ2n) is 6.99. The normalized spacial score (nSPS) is 15.1. The number of ether oxygens (including phenoxy) is 1. The first-order valence-corrected chi connectivity index (χ1v) is 10.5. The summed E-state index contributed by atoms with van der Waals surface area (Å²) in [6.45, 7) is 3.74. The fourth-order valence-electron chi connectivity index (χ4n) is 3.28. The Labute approximate surface area is 173 Å². The molecule has 0 bridgehead atoms. The molecule has 3 rings (SSSR count). The van der Waals surface area contributed by atoms with Crippen LogP contribution in [0.3, 0.4) is 0 Å². The van der Waals surface area contributed by atoms with Crippen LogP contribution in [0.1, 0.15) is 11.1 Å². The summed E-state index contributed by atoms with van der Waals surface area (Å²) in [5, 5.41) is 20.3. The van der Waals surface area contributed by atoms with Gasteiger partial charge < -0.3 is 14.7 Å². The van der Waals surface area contributed by atoms with Gasteiger partial charge in [-0.25, -0.2) is 13.2 Å². The molecular formula is C19H21N3O7S. The van der Waals surface area contributed by atoms with E-state index in [0.29, 0.717) is 5.75 Å². The van der Waals surface area contributed by atoms with Crippen molar-refractivity contribution in [3.63, 3.8) is 0 Å². The molecule has 0 unspecified atom stereocenters. The first kappa shape index (κ1) is 21.5. The Morgan fingerprint density at radius 3 is 2.20 bits per heavy atom. The predicted octanol–water partition coefficient (Wildman–Crippen LogP) is 2.99. The molecule has 1 amide bonds. The summed E-state index contributed by atoms with van der Waals surface area (Å²) in [5.41, 5.74) is 1.48. The third-order valence-electron chi connectivity index (χ3n) is 4.69. The van der Waals surface area contributed by atoms with Gasteiger partial charge in [0.1, 0.15) is 10.6 Å². The minimum atomic E-state index is -4.06. The number of nitrogens with zero attached hydrogens (tertiary/aromatic N) is 3. The molecule has 1 N–H and O–H groups in total. The standard InChI is InChI=1S/C19H21N3O7S/c1-13-9-14(2)11-16(10-13)29-17-12-15(22(25)26)3-4-18(17)30(27,28)21-7-5-20(6-8-21)19(23)24/h3-4,9-12H,5-8H2,1-2H3,(H,23,24). The molecule has 1 saturated heterocycles. The van der Waals surface area contributed by atoms with Crippen molar-refractivity contribution < 1.29 is 28.0 Å². The number of aryl methyl sites for hydroxylation is 2. The van der Waals surface area contributed by atoms with Crippen LogP contribution >= 0.6 is 0 Å². The number of carboxylic acid groups (broad SMARTS) is 1. The number of hydrogen-bond acceptors (Lipinski definition) is 6. The Balaban J connectivity index is 1.99. The fourth-order valence-corrected chi connectivity index (χ4v) is 4.80. The van der Waals surface area contributed by atoms with E-state index in [0.717, 1.165) is 38.5 Å². The van der Waals surface area contributed by atoms with Crippen LogP contribution < -0.4 is 4.74 Å². The smallest absolute Gasteiger partial charge is 0.407 e. The van der Waals surface area contributed by atoms with Gasteiger partial charge in [-0.1, -0.05) is 6.07 Å². The first-order valence-electron chi connectivity index (χ1n) is 9.10. The Morgan fingerprint density at radius 1 is 1.07 bits per heavy atom. The lowest BCUT2D eigenvalue weighted by Gasteiger charge is -2.32. The van der Waals surface area contributed by atoms with Crippen molar-refractivity contribution in [2.75, 3.05) is 26.2 Å². The molecule has 0 saturated carbocycles. The van der Waals surface area contributed by atoms with Crippen molar-refractivity contribution in [3.8, 4) is 11.5 Å². The highest BCUT2D eigenvalue weighted by molar-refractivity contribution is 7.89. The van der Waals surface area contributed by atoms with Crippen molar-refractivity contribution in [2.45, 2.75) is 18.7 Å². The highest BCUT2D eigenvalue weighted by Gasteiger charge is 2.33. The van der Waals surface area contributed by atoms with Gasteiger partial charge in [-0.2, -0.15) is 4.31 Å². The molecule has 2 aromatic carbocycles. The number of piperazine rings is 1. The zero-order valence-electron chi connectivity index (χ0n) is 16.4. The van der Waals surface area contributed by atoms with E-state index >= 15 is 0 Å². The van der Waals surface area contributed by atoms with E-state index in [1.54, 1.807) is 12.1 Å². The lowest BCUT2D eigenvalue weighted by atomic mass is 10.1. The summed E-state index contributed by atoms with van der Waals surface area (Å²) < 4.78 is 33.3. The number of nitro groups is 1. The second kappa shape index (κ2) is 8.28. The zero-order valence-corrected chi connectivity index (χ0v) is 17.3. The summed E-state index contributed by atoms with van der Waals surface area (Å²) in [5.74, 6) is 0.204. The molecular weight excluding hydrogens is 414 g/mol. The van der Waals surface area contributed by atoms with Gasteiger partial charge in [-0.15, -0.1) is 0 Å². The minimum absolute atomic E-state index is 0.0192. The van der Waals surface area contributed by atoms with Crippen molar-refractivity contribution in [1.82, 2.24) is 9.21 Å². The molecule has 1 aliphatic heterocycles. The molecule has 10 nitrogen and oxygen atoms in total. The highest BCUT2D eigenvalue weighted by atomic mass is 32.2. The van der Waals surface area contributed by atoms with Gasteiger partial charge >= 0.3 is 6.09 Å². The molecule has 2 aromatic rings. The summed E-state index contributed by atoms with van der Waals surface area (Å²) in [6.07, 6.45) is -1.11. The maximum atomic E-state index is 13.2. The van der Waals surface area contributed by atoms with Gasteiger partial charge in [0.2, 0.25) is 10.0 Å². The summed E-state index contributed by atoms with van der Waals surface area (Å²) in [4.78, 5) is 22.6. The van der Waals surface area contributed by atoms with E-state index in [4.69, 9.17) is 9.84 Å². The SMILES string of the molecule is Cc1cc(C)cc(Oc2cc([N+](=O)[O-])ccc2S(=O)(=O)N2CCN(C(=O)O)CC2)c1. The van der Waals surface area contributed by atoms with Gasteiger partial charge in [0, 0.05) is 32.2 Å². The van der Waals surface area contributed by atoms with E-state index in [1.807, 2.05) is 19.9 Å². The van der Waals surface area contributed by atoms with Crippen molar-refractivity contribution >= 4 is 21.8 Å².